The van der Waals surface area contributed by atoms with Gasteiger partial charge in [-0.25, -0.2) is 10.9 Å². The van der Waals surface area contributed by atoms with E-state index in [-0.39, 0.29) is 17.5 Å². The van der Waals surface area contributed by atoms with E-state index in [4.69, 9.17) is 4.42 Å². The molecule has 2 heteroatoms. The van der Waals surface area contributed by atoms with Crippen LogP contribution in [0.25, 0.3) is 11.0 Å². The molecule has 2 atom stereocenters. The number of hydrogen-bond acceptors (Lipinski definition) is 2. The van der Waals surface area contributed by atoms with Crippen LogP contribution in [-0.4, -0.2) is 0 Å². The normalized spacial score (nSPS) is 19.2. The Balaban J connectivity index is 1.81. The molecular weight excluding hydrogens is 308 g/mol. The van der Waals surface area contributed by atoms with Crippen LogP contribution in [0.2, 0.25) is 0 Å². The van der Waals surface area contributed by atoms with Gasteiger partial charge in [0.05, 0.1) is 0 Å². The van der Waals surface area contributed by atoms with E-state index in [1.165, 1.54) is 11.1 Å². The molecule has 122 valence electrons. The van der Waals surface area contributed by atoms with Gasteiger partial charge in [-0.3, -0.25) is 0 Å². The second kappa shape index (κ2) is 5.52. The Morgan fingerprint density at radius 2 is 1.72 bits per heavy atom. The molecule has 1 aliphatic rings. The zero-order chi connectivity index (χ0) is 16.8. The van der Waals surface area contributed by atoms with Crippen LogP contribution in [0.4, 0.5) is 0 Å². The first-order valence-corrected chi connectivity index (χ1v) is 8.64. The van der Waals surface area contributed by atoms with Crippen molar-refractivity contribution in [2.75, 3.05) is 0 Å². The highest BCUT2D eigenvalue weighted by atomic mass is 16.4. The summed E-state index contributed by atoms with van der Waals surface area (Å²) in [6.07, 6.45) is 0.866. The number of fused-ring (bicyclic) bond motifs is 3. The molecule has 0 saturated carbocycles. The molecule has 0 unspecified atom stereocenters. The molecule has 3 aromatic carbocycles. The average molecular weight is 325 g/mol. The van der Waals surface area contributed by atoms with Crippen LogP contribution >= 0.6 is 0 Å². The van der Waals surface area contributed by atoms with Crippen molar-refractivity contribution < 1.29 is 4.42 Å². The van der Waals surface area contributed by atoms with E-state index in [1.807, 2.05) is 36.4 Å². The van der Waals surface area contributed by atoms with Gasteiger partial charge in [-0.05, 0) is 23.6 Å². The van der Waals surface area contributed by atoms with Crippen molar-refractivity contribution in [3.05, 3.63) is 112 Å². The standard InChI is InChI=1S/C23H17O2/c24-23-22-19(17-12-6-7-13-20(17)25-23)14-18(15-8-4-5-9-15)21(22)16-10-2-1-3-11-16/h1-13,18,21H,14H2/q-1/t18-,21-/m1/s1. The molecule has 1 heterocycles. The predicted octanol–water partition coefficient (Wildman–Crippen LogP) is 4.98. The lowest BCUT2D eigenvalue weighted by Crippen LogP contribution is -2.14. The van der Waals surface area contributed by atoms with Crippen LogP contribution < -0.4 is 5.63 Å². The second-order valence-electron chi connectivity index (χ2n) is 6.70. The van der Waals surface area contributed by atoms with E-state index >= 15 is 0 Å². The second-order valence-corrected chi connectivity index (χ2v) is 6.70. The molecule has 0 aliphatic heterocycles. The van der Waals surface area contributed by atoms with Crippen molar-refractivity contribution in [2.24, 2.45) is 0 Å². The van der Waals surface area contributed by atoms with Crippen molar-refractivity contribution >= 4 is 11.0 Å². The third-order valence-electron chi connectivity index (χ3n) is 5.37. The smallest absolute Gasteiger partial charge is 0.340 e. The van der Waals surface area contributed by atoms with Gasteiger partial charge in [-0.2, -0.15) is 23.8 Å². The molecule has 1 aliphatic carbocycles. The SMILES string of the molecule is O=c1oc2ccccc2c2c1[C@H](c1ccccc1)[C@@H](c1cc[cH-]c1)C2. The summed E-state index contributed by atoms with van der Waals surface area (Å²) < 4.78 is 5.67. The highest BCUT2D eigenvalue weighted by Gasteiger charge is 2.36. The molecule has 5 rings (SSSR count). The van der Waals surface area contributed by atoms with Crippen molar-refractivity contribution in [2.45, 2.75) is 18.3 Å². The first-order chi connectivity index (χ1) is 12.3. The topological polar surface area (TPSA) is 30.2 Å². The van der Waals surface area contributed by atoms with Gasteiger partial charge in [0.15, 0.2) is 0 Å². The summed E-state index contributed by atoms with van der Waals surface area (Å²) in [4.78, 5) is 12.9. The highest BCUT2D eigenvalue weighted by molar-refractivity contribution is 5.82. The fourth-order valence-corrected chi connectivity index (χ4v) is 4.31. The van der Waals surface area contributed by atoms with Crippen LogP contribution in [0.3, 0.4) is 0 Å². The Morgan fingerprint density at radius 3 is 2.52 bits per heavy atom. The number of rotatable bonds is 2. The molecular formula is C23H17O2-. The lowest BCUT2D eigenvalue weighted by Gasteiger charge is -2.24. The molecule has 0 bridgehead atoms. The van der Waals surface area contributed by atoms with Crippen LogP contribution in [0.5, 0.6) is 0 Å². The third-order valence-corrected chi connectivity index (χ3v) is 5.37. The fraction of sp³-hybridized carbons (Fsp3) is 0.130. The van der Waals surface area contributed by atoms with Crippen LogP contribution in [0, 0.1) is 0 Å². The van der Waals surface area contributed by atoms with Gasteiger partial charge in [0.2, 0.25) is 0 Å². The number of benzene rings is 2. The minimum absolute atomic E-state index is 0.0412. The minimum Gasteiger partial charge on any atom is -0.422 e. The zero-order valence-electron chi connectivity index (χ0n) is 13.7. The number of para-hydroxylation sites is 1. The van der Waals surface area contributed by atoms with E-state index in [0.29, 0.717) is 5.58 Å². The molecule has 0 amide bonds. The highest BCUT2D eigenvalue weighted by Crippen LogP contribution is 2.48. The summed E-state index contributed by atoms with van der Waals surface area (Å²) in [6.45, 7) is 0. The molecule has 0 saturated heterocycles. The Labute approximate surface area is 145 Å². The van der Waals surface area contributed by atoms with Crippen molar-refractivity contribution in [1.82, 2.24) is 0 Å². The van der Waals surface area contributed by atoms with E-state index in [2.05, 4.69) is 42.5 Å². The van der Waals surface area contributed by atoms with E-state index in [1.54, 1.807) is 0 Å². The van der Waals surface area contributed by atoms with Gasteiger partial charge in [-0.15, -0.1) is 0 Å². The molecule has 2 nitrogen and oxygen atoms in total. The molecule has 25 heavy (non-hydrogen) atoms. The Hall–Kier alpha value is -3.00. The van der Waals surface area contributed by atoms with Gasteiger partial charge in [-0.1, -0.05) is 54.4 Å². The predicted molar refractivity (Wildman–Crippen MR) is 99.2 cm³/mol. The average Bonchev–Trinajstić information content (AvgIpc) is 3.30. The Morgan fingerprint density at radius 1 is 0.920 bits per heavy atom. The van der Waals surface area contributed by atoms with Crippen LogP contribution in [-0.2, 0) is 6.42 Å². The van der Waals surface area contributed by atoms with E-state index in [0.717, 1.165) is 22.9 Å². The number of hydrogen-bond donors (Lipinski definition) is 0. The molecule has 4 aromatic rings. The van der Waals surface area contributed by atoms with Crippen molar-refractivity contribution in [3.63, 3.8) is 0 Å². The maximum atomic E-state index is 12.9. The van der Waals surface area contributed by atoms with E-state index in [9.17, 15) is 4.79 Å². The summed E-state index contributed by atoms with van der Waals surface area (Å²) in [5, 5.41) is 1.06. The molecule has 0 fully saturated rings. The molecule has 0 spiro atoms. The lowest BCUT2D eigenvalue weighted by atomic mass is 9.83. The lowest BCUT2D eigenvalue weighted by molar-refractivity contribution is 0.542. The first-order valence-electron chi connectivity index (χ1n) is 8.64. The van der Waals surface area contributed by atoms with E-state index < -0.39 is 0 Å². The maximum absolute atomic E-state index is 12.9. The summed E-state index contributed by atoms with van der Waals surface area (Å²) in [7, 11) is 0. The molecule has 1 aromatic heterocycles. The maximum Gasteiger partial charge on any atom is 0.340 e. The van der Waals surface area contributed by atoms with Gasteiger partial charge in [0.1, 0.15) is 5.58 Å². The first kappa shape index (κ1) is 14.4. The van der Waals surface area contributed by atoms with Gasteiger partial charge >= 0.3 is 5.63 Å². The van der Waals surface area contributed by atoms with Gasteiger partial charge in [0, 0.05) is 16.9 Å². The fourth-order valence-electron chi connectivity index (χ4n) is 4.31. The molecule has 0 radical (unpaired) electrons. The summed E-state index contributed by atoms with van der Waals surface area (Å²) in [5.41, 5.74) is 4.92. The summed E-state index contributed by atoms with van der Waals surface area (Å²) in [6, 6.07) is 26.7. The largest absolute Gasteiger partial charge is 0.422 e. The van der Waals surface area contributed by atoms with Crippen LogP contribution in [0.1, 0.15) is 34.1 Å². The minimum atomic E-state index is -0.198. The summed E-state index contributed by atoms with van der Waals surface area (Å²) in [5.74, 6) is 0.306. The third kappa shape index (κ3) is 2.18. The monoisotopic (exact) mass is 325 g/mol. The molecule has 0 N–H and O–H groups in total. The van der Waals surface area contributed by atoms with Crippen LogP contribution in [0.15, 0.2) is 88.1 Å². The van der Waals surface area contributed by atoms with Crippen molar-refractivity contribution in [3.8, 4) is 0 Å². The quantitative estimate of drug-likeness (QED) is 0.384. The zero-order valence-corrected chi connectivity index (χ0v) is 13.7. The van der Waals surface area contributed by atoms with Gasteiger partial charge in [0.25, 0.3) is 0 Å². The summed E-state index contributed by atoms with van der Waals surface area (Å²) >= 11 is 0. The van der Waals surface area contributed by atoms with Gasteiger partial charge < -0.3 is 4.42 Å². The Bertz CT molecular complexity index is 1090. The Kier molecular flexibility index (Phi) is 3.17. The van der Waals surface area contributed by atoms with Crippen molar-refractivity contribution in [1.29, 1.82) is 0 Å².